The standard InChI is InChI=1S/C13H19F3N4S/c1-3-17-12(19-9-6-8(9)2)18-5-4-11-20-10(7-21-11)13(14,15)16/h7-9H,3-6H2,1-2H3,(H2,17,18,19). The second-order valence-electron chi connectivity index (χ2n) is 5.10. The number of aliphatic imine (C=N–C) groups is 1. The fourth-order valence-corrected chi connectivity index (χ4v) is 2.63. The smallest absolute Gasteiger partial charge is 0.357 e. The van der Waals surface area contributed by atoms with Crippen LogP contribution in [0.25, 0.3) is 0 Å². The minimum absolute atomic E-state index is 0.414. The monoisotopic (exact) mass is 320 g/mol. The molecule has 2 atom stereocenters. The van der Waals surface area contributed by atoms with Crippen molar-refractivity contribution in [3.63, 3.8) is 0 Å². The van der Waals surface area contributed by atoms with Gasteiger partial charge in [0, 0.05) is 30.9 Å². The van der Waals surface area contributed by atoms with Gasteiger partial charge in [0.1, 0.15) is 0 Å². The van der Waals surface area contributed by atoms with Gasteiger partial charge in [-0.1, -0.05) is 6.92 Å². The summed E-state index contributed by atoms with van der Waals surface area (Å²) in [6.45, 7) is 5.31. The highest BCUT2D eigenvalue weighted by Crippen LogP contribution is 2.30. The fourth-order valence-electron chi connectivity index (χ4n) is 1.84. The minimum Gasteiger partial charge on any atom is -0.357 e. The normalized spacial score (nSPS) is 22.2. The predicted octanol–water partition coefficient (Wildman–Crippen LogP) is 2.67. The van der Waals surface area contributed by atoms with Gasteiger partial charge in [-0.15, -0.1) is 11.3 Å². The third-order valence-electron chi connectivity index (χ3n) is 3.21. The average molecular weight is 320 g/mol. The summed E-state index contributed by atoms with van der Waals surface area (Å²) in [5.41, 5.74) is -0.816. The Morgan fingerprint density at radius 2 is 2.24 bits per heavy atom. The molecule has 1 fully saturated rings. The van der Waals surface area contributed by atoms with Gasteiger partial charge in [0.05, 0.1) is 5.01 Å². The highest BCUT2D eigenvalue weighted by molar-refractivity contribution is 7.09. The number of guanidine groups is 1. The van der Waals surface area contributed by atoms with Crippen molar-refractivity contribution in [3.8, 4) is 0 Å². The number of nitrogens with zero attached hydrogens (tertiary/aromatic N) is 2. The number of alkyl halides is 3. The van der Waals surface area contributed by atoms with Crippen LogP contribution in [0.3, 0.4) is 0 Å². The van der Waals surface area contributed by atoms with Gasteiger partial charge < -0.3 is 10.6 Å². The first-order chi connectivity index (χ1) is 9.90. The second kappa shape index (κ2) is 6.64. The maximum atomic E-state index is 12.4. The summed E-state index contributed by atoms with van der Waals surface area (Å²) in [4.78, 5) is 7.97. The molecule has 2 N–H and O–H groups in total. The third kappa shape index (κ3) is 4.87. The van der Waals surface area contributed by atoms with Crippen LogP contribution in [0, 0.1) is 5.92 Å². The molecule has 118 valence electrons. The Morgan fingerprint density at radius 3 is 2.76 bits per heavy atom. The van der Waals surface area contributed by atoms with Crippen molar-refractivity contribution in [1.82, 2.24) is 15.6 Å². The Hall–Kier alpha value is -1.31. The molecule has 0 bridgehead atoms. The molecule has 1 aromatic rings. The molecule has 0 aliphatic heterocycles. The van der Waals surface area contributed by atoms with E-state index in [4.69, 9.17) is 0 Å². The first-order valence-electron chi connectivity index (χ1n) is 6.96. The van der Waals surface area contributed by atoms with E-state index in [-0.39, 0.29) is 0 Å². The topological polar surface area (TPSA) is 49.3 Å². The van der Waals surface area contributed by atoms with E-state index in [0.717, 1.165) is 35.6 Å². The molecule has 21 heavy (non-hydrogen) atoms. The van der Waals surface area contributed by atoms with E-state index in [2.05, 4.69) is 27.5 Å². The van der Waals surface area contributed by atoms with Crippen LogP contribution in [-0.4, -0.2) is 30.1 Å². The lowest BCUT2D eigenvalue weighted by Gasteiger charge is -2.10. The first-order valence-corrected chi connectivity index (χ1v) is 7.84. The quantitative estimate of drug-likeness (QED) is 0.648. The van der Waals surface area contributed by atoms with Crippen LogP contribution < -0.4 is 10.6 Å². The second-order valence-corrected chi connectivity index (χ2v) is 6.04. The van der Waals surface area contributed by atoms with E-state index in [1.165, 1.54) is 0 Å². The number of hydrogen-bond donors (Lipinski definition) is 2. The molecule has 1 aromatic heterocycles. The van der Waals surface area contributed by atoms with E-state index in [0.29, 0.717) is 29.9 Å². The van der Waals surface area contributed by atoms with Crippen molar-refractivity contribution >= 4 is 17.3 Å². The first kappa shape index (κ1) is 16.1. The van der Waals surface area contributed by atoms with E-state index in [1.54, 1.807) is 0 Å². The zero-order valence-corrected chi connectivity index (χ0v) is 12.8. The van der Waals surface area contributed by atoms with Gasteiger partial charge in [-0.2, -0.15) is 13.2 Å². The van der Waals surface area contributed by atoms with Crippen LogP contribution in [0.1, 0.15) is 31.0 Å². The number of thiazole rings is 1. The summed E-state index contributed by atoms with van der Waals surface area (Å²) < 4.78 is 37.3. The Morgan fingerprint density at radius 1 is 1.52 bits per heavy atom. The summed E-state index contributed by atoms with van der Waals surface area (Å²) in [5, 5.41) is 7.94. The van der Waals surface area contributed by atoms with Crippen LogP contribution in [0.5, 0.6) is 0 Å². The van der Waals surface area contributed by atoms with Gasteiger partial charge >= 0.3 is 6.18 Å². The number of halogens is 3. The molecule has 4 nitrogen and oxygen atoms in total. The van der Waals surface area contributed by atoms with E-state index in [9.17, 15) is 13.2 Å². The number of nitrogens with one attached hydrogen (secondary N) is 2. The Balaban J connectivity index is 1.85. The van der Waals surface area contributed by atoms with Crippen molar-refractivity contribution in [2.24, 2.45) is 10.9 Å². The van der Waals surface area contributed by atoms with E-state index in [1.807, 2.05) is 6.92 Å². The molecule has 1 saturated carbocycles. The third-order valence-corrected chi connectivity index (χ3v) is 4.12. The highest BCUT2D eigenvalue weighted by atomic mass is 32.1. The van der Waals surface area contributed by atoms with Crippen LogP contribution in [0.4, 0.5) is 13.2 Å². The fraction of sp³-hybridized carbons (Fsp3) is 0.692. The molecule has 0 spiro atoms. The lowest BCUT2D eigenvalue weighted by molar-refractivity contribution is -0.140. The van der Waals surface area contributed by atoms with Crippen molar-refractivity contribution < 1.29 is 13.2 Å². The lowest BCUT2D eigenvalue weighted by Crippen LogP contribution is -2.39. The molecule has 0 radical (unpaired) electrons. The molecule has 1 aliphatic carbocycles. The summed E-state index contributed by atoms with van der Waals surface area (Å²) in [6, 6.07) is 0.458. The molecule has 0 amide bonds. The molecule has 1 heterocycles. The maximum Gasteiger partial charge on any atom is 0.434 e. The Bertz CT molecular complexity index is 498. The maximum absolute atomic E-state index is 12.4. The molecular weight excluding hydrogens is 301 g/mol. The lowest BCUT2D eigenvalue weighted by atomic mass is 10.4. The zero-order valence-electron chi connectivity index (χ0n) is 12.0. The number of rotatable bonds is 5. The molecule has 0 aromatic carbocycles. The van der Waals surface area contributed by atoms with E-state index < -0.39 is 11.9 Å². The summed E-state index contributed by atoms with van der Waals surface area (Å²) in [7, 11) is 0. The summed E-state index contributed by atoms with van der Waals surface area (Å²) in [6.07, 6.45) is -2.82. The Kier molecular flexibility index (Phi) is 5.08. The van der Waals surface area contributed by atoms with Crippen molar-refractivity contribution in [3.05, 3.63) is 16.1 Å². The van der Waals surface area contributed by atoms with Gasteiger partial charge in [0.25, 0.3) is 0 Å². The SMILES string of the molecule is CCNC(=NCCc1nc(C(F)(F)F)cs1)NC1CC1C. The van der Waals surface area contributed by atoms with Crippen LogP contribution >= 0.6 is 11.3 Å². The molecule has 2 unspecified atom stereocenters. The average Bonchev–Trinajstić information content (AvgIpc) is 2.90. The van der Waals surface area contributed by atoms with Crippen molar-refractivity contribution in [1.29, 1.82) is 0 Å². The molecule has 8 heteroatoms. The minimum atomic E-state index is -4.36. The Labute approximate surface area is 125 Å². The van der Waals surface area contributed by atoms with Crippen molar-refractivity contribution in [2.75, 3.05) is 13.1 Å². The van der Waals surface area contributed by atoms with Gasteiger partial charge in [0.15, 0.2) is 11.7 Å². The zero-order chi connectivity index (χ0) is 15.5. The predicted molar refractivity (Wildman–Crippen MR) is 77.5 cm³/mol. The van der Waals surface area contributed by atoms with Crippen molar-refractivity contribution in [2.45, 2.75) is 38.9 Å². The number of hydrogen-bond acceptors (Lipinski definition) is 3. The number of aromatic nitrogens is 1. The molecular formula is C13H19F3N4S. The van der Waals surface area contributed by atoms with Crippen LogP contribution in [0.15, 0.2) is 10.4 Å². The highest BCUT2D eigenvalue weighted by Gasteiger charge is 2.34. The van der Waals surface area contributed by atoms with Crippen LogP contribution in [0.2, 0.25) is 0 Å². The summed E-state index contributed by atoms with van der Waals surface area (Å²) >= 11 is 1.03. The molecule has 2 rings (SSSR count). The van der Waals surface area contributed by atoms with Crippen LogP contribution in [-0.2, 0) is 12.6 Å². The molecule has 0 saturated heterocycles. The van der Waals surface area contributed by atoms with Gasteiger partial charge in [-0.25, -0.2) is 4.98 Å². The van der Waals surface area contributed by atoms with Gasteiger partial charge in [0.2, 0.25) is 0 Å². The molecule has 1 aliphatic rings. The van der Waals surface area contributed by atoms with Gasteiger partial charge in [-0.3, -0.25) is 4.99 Å². The van der Waals surface area contributed by atoms with E-state index >= 15 is 0 Å². The largest absolute Gasteiger partial charge is 0.434 e. The van der Waals surface area contributed by atoms with Gasteiger partial charge in [-0.05, 0) is 19.3 Å². The summed E-state index contributed by atoms with van der Waals surface area (Å²) in [5.74, 6) is 1.38.